The zero-order valence-electron chi connectivity index (χ0n) is 13.2. The van der Waals surface area contributed by atoms with Gasteiger partial charge in [-0.25, -0.2) is 0 Å². The Hall–Kier alpha value is -0.0200. The van der Waals surface area contributed by atoms with Gasteiger partial charge in [0.25, 0.3) is 0 Å². The van der Waals surface area contributed by atoms with Crippen LogP contribution in [-0.4, -0.2) is 21.1 Å². The SMILES string of the molecule is CCCCCCCCCC(O)CC(=O)SC(C)(C)C. The molecule has 1 N–H and O–H groups in total. The van der Waals surface area contributed by atoms with Gasteiger partial charge in [-0.1, -0.05) is 84.4 Å². The van der Waals surface area contributed by atoms with E-state index in [0.717, 1.165) is 12.8 Å². The fraction of sp³-hybridized carbons (Fsp3) is 0.938. The molecule has 2 nitrogen and oxygen atoms in total. The Labute approximate surface area is 123 Å². The van der Waals surface area contributed by atoms with Gasteiger partial charge in [0.05, 0.1) is 6.10 Å². The molecule has 0 spiro atoms. The normalized spacial score (nSPS) is 13.5. The molecule has 0 bridgehead atoms. The Morgan fingerprint density at radius 2 is 1.58 bits per heavy atom. The molecule has 0 aromatic rings. The smallest absolute Gasteiger partial charge is 0.192 e. The molecule has 0 rings (SSSR count). The van der Waals surface area contributed by atoms with Crippen LogP contribution in [0.25, 0.3) is 0 Å². The van der Waals surface area contributed by atoms with Crippen LogP contribution in [0.2, 0.25) is 0 Å². The molecule has 0 saturated carbocycles. The second kappa shape index (κ2) is 10.7. The molecular weight excluding hydrogens is 256 g/mol. The van der Waals surface area contributed by atoms with Crippen LogP contribution in [0.5, 0.6) is 0 Å². The van der Waals surface area contributed by atoms with Crippen LogP contribution >= 0.6 is 11.8 Å². The molecule has 114 valence electrons. The van der Waals surface area contributed by atoms with Crippen molar-refractivity contribution in [3.63, 3.8) is 0 Å². The van der Waals surface area contributed by atoms with Crippen LogP contribution < -0.4 is 0 Å². The van der Waals surface area contributed by atoms with Crippen LogP contribution in [0.1, 0.15) is 85.5 Å². The zero-order chi connectivity index (χ0) is 14.7. The first-order valence-corrected chi connectivity index (χ1v) is 8.56. The van der Waals surface area contributed by atoms with E-state index in [4.69, 9.17) is 0 Å². The number of rotatable bonds is 10. The molecule has 0 amide bonds. The summed E-state index contributed by atoms with van der Waals surface area (Å²) in [7, 11) is 0. The lowest BCUT2D eigenvalue weighted by atomic mass is 10.1. The van der Waals surface area contributed by atoms with Crippen LogP contribution in [-0.2, 0) is 4.79 Å². The summed E-state index contributed by atoms with van der Waals surface area (Å²) in [6.07, 6.45) is 9.37. The van der Waals surface area contributed by atoms with Gasteiger partial charge < -0.3 is 5.11 Å². The van der Waals surface area contributed by atoms with Crippen molar-refractivity contribution < 1.29 is 9.90 Å². The topological polar surface area (TPSA) is 37.3 Å². The van der Waals surface area contributed by atoms with Crippen LogP contribution in [0.15, 0.2) is 0 Å². The zero-order valence-corrected chi connectivity index (χ0v) is 14.0. The third-order valence-electron chi connectivity index (χ3n) is 2.96. The standard InChI is InChI=1S/C16H32O2S/c1-5-6-7-8-9-10-11-12-14(17)13-15(18)19-16(2,3)4/h14,17H,5-13H2,1-4H3. The maximum Gasteiger partial charge on any atom is 0.192 e. The summed E-state index contributed by atoms with van der Waals surface area (Å²) in [4.78, 5) is 11.7. The van der Waals surface area contributed by atoms with E-state index in [0.29, 0.717) is 6.42 Å². The van der Waals surface area contributed by atoms with E-state index in [2.05, 4.69) is 6.92 Å². The fourth-order valence-electron chi connectivity index (χ4n) is 2.01. The number of hydrogen-bond donors (Lipinski definition) is 1. The Bertz CT molecular complexity index is 233. The molecule has 1 unspecified atom stereocenters. The number of aliphatic hydroxyl groups excluding tert-OH is 1. The second-order valence-electron chi connectivity index (χ2n) is 6.35. The van der Waals surface area contributed by atoms with E-state index < -0.39 is 6.10 Å². The number of aliphatic hydroxyl groups is 1. The highest BCUT2D eigenvalue weighted by atomic mass is 32.2. The molecule has 1 atom stereocenters. The molecule has 19 heavy (non-hydrogen) atoms. The molecule has 0 aromatic carbocycles. The fourth-order valence-corrected chi connectivity index (χ4v) is 2.97. The van der Waals surface area contributed by atoms with Gasteiger partial charge in [0, 0.05) is 11.2 Å². The summed E-state index contributed by atoms with van der Waals surface area (Å²) < 4.78 is -0.0456. The minimum absolute atomic E-state index is 0.0456. The predicted molar refractivity (Wildman–Crippen MR) is 85.6 cm³/mol. The van der Waals surface area contributed by atoms with Crippen molar-refractivity contribution in [1.82, 2.24) is 0 Å². The summed E-state index contributed by atoms with van der Waals surface area (Å²) >= 11 is 1.34. The Kier molecular flexibility index (Phi) is 10.7. The molecule has 0 fully saturated rings. The molecule has 0 aliphatic rings. The highest BCUT2D eigenvalue weighted by molar-refractivity contribution is 8.14. The van der Waals surface area contributed by atoms with Crippen molar-refractivity contribution in [2.75, 3.05) is 0 Å². The van der Waals surface area contributed by atoms with Crippen molar-refractivity contribution in [3.8, 4) is 0 Å². The van der Waals surface area contributed by atoms with Crippen molar-refractivity contribution in [2.24, 2.45) is 0 Å². The van der Waals surface area contributed by atoms with E-state index in [-0.39, 0.29) is 9.86 Å². The van der Waals surface area contributed by atoms with Gasteiger partial charge in [-0.3, -0.25) is 4.79 Å². The summed E-state index contributed by atoms with van der Waals surface area (Å²) in [6, 6.07) is 0. The molecule has 0 saturated heterocycles. The van der Waals surface area contributed by atoms with Crippen molar-refractivity contribution >= 4 is 16.9 Å². The van der Waals surface area contributed by atoms with Crippen molar-refractivity contribution in [1.29, 1.82) is 0 Å². The number of carbonyl (C=O) groups excluding carboxylic acids is 1. The minimum atomic E-state index is -0.446. The maximum atomic E-state index is 11.7. The van der Waals surface area contributed by atoms with Gasteiger partial charge in [-0.05, 0) is 6.42 Å². The quantitative estimate of drug-likeness (QED) is 0.579. The molecule has 0 aromatic heterocycles. The molecular formula is C16H32O2S. The Morgan fingerprint density at radius 3 is 2.11 bits per heavy atom. The highest BCUT2D eigenvalue weighted by Crippen LogP contribution is 2.26. The van der Waals surface area contributed by atoms with Gasteiger partial charge in [0.2, 0.25) is 0 Å². The number of hydrogen-bond acceptors (Lipinski definition) is 3. The predicted octanol–water partition coefficient (Wildman–Crippen LogP) is 4.94. The first kappa shape index (κ1) is 19.0. The van der Waals surface area contributed by atoms with E-state index in [9.17, 15) is 9.90 Å². The van der Waals surface area contributed by atoms with Gasteiger partial charge in [-0.2, -0.15) is 0 Å². The van der Waals surface area contributed by atoms with E-state index in [1.54, 1.807) is 0 Å². The largest absolute Gasteiger partial charge is 0.393 e. The lowest BCUT2D eigenvalue weighted by Crippen LogP contribution is -2.17. The lowest BCUT2D eigenvalue weighted by molar-refractivity contribution is -0.112. The molecule has 0 heterocycles. The first-order chi connectivity index (χ1) is 8.85. The van der Waals surface area contributed by atoms with Gasteiger partial charge in [0.1, 0.15) is 0 Å². The van der Waals surface area contributed by atoms with Crippen LogP contribution in [0, 0.1) is 0 Å². The van der Waals surface area contributed by atoms with E-state index >= 15 is 0 Å². The van der Waals surface area contributed by atoms with E-state index in [1.807, 2.05) is 20.8 Å². The molecule has 0 aliphatic carbocycles. The Morgan fingerprint density at radius 1 is 1.05 bits per heavy atom. The highest BCUT2D eigenvalue weighted by Gasteiger charge is 2.19. The average Bonchev–Trinajstić information content (AvgIpc) is 2.25. The van der Waals surface area contributed by atoms with Gasteiger partial charge in [-0.15, -0.1) is 0 Å². The minimum Gasteiger partial charge on any atom is -0.393 e. The summed E-state index contributed by atoms with van der Waals surface area (Å²) in [6.45, 7) is 8.30. The number of unbranched alkanes of at least 4 members (excludes halogenated alkanes) is 6. The molecule has 3 heteroatoms. The monoisotopic (exact) mass is 288 g/mol. The third-order valence-corrected chi connectivity index (χ3v) is 3.97. The van der Waals surface area contributed by atoms with Crippen molar-refractivity contribution in [3.05, 3.63) is 0 Å². The summed E-state index contributed by atoms with van der Waals surface area (Å²) in [5, 5.41) is 9.94. The summed E-state index contributed by atoms with van der Waals surface area (Å²) in [5.74, 6) is 0. The van der Waals surface area contributed by atoms with E-state index in [1.165, 1.54) is 50.3 Å². The average molecular weight is 288 g/mol. The van der Waals surface area contributed by atoms with Gasteiger partial charge in [0.15, 0.2) is 5.12 Å². The van der Waals surface area contributed by atoms with Crippen molar-refractivity contribution in [2.45, 2.75) is 96.3 Å². The lowest BCUT2D eigenvalue weighted by Gasteiger charge is -2.17. The Balaban J connectivity index is 3.49. The third kappa shape index (κ3) is 14.2. The summed E-state index contributed by atoms with van der Waals surface area (Å²) in [5.41, 5.74) is 0. The number of thioether (sulfide) groups is 1. The molecule has 0 radical (unpaired) electrons. The number of carbonyl (C=O) groups is 1. The van der Waals surface area contributed by atoms with Crippen LogP contribution in [0.3, 0.4) is 0 Å². The van der Waals surface area contributed by atoms with Crippen LogP contribution in [0.4, 0.5) is 0 Å². The first-order valence-electron chi connectivity index (χ1n) is 7.75. The maximum absolute atomic E-state index is 11.7. The molecule has 0 aliphatic heterocycles. The van der Waals surface area contributed by atoms with Gasteiger partial charge >= 0.3 is 0 Å². The second-order valence-corrected chi connectivity index (χ2v) is 8.24.